The second-order valence-electron chi connectivity index (χ2n) is 1.99. The number of carboxylic acids is 1. The molecule has 1 rings (SSSR count). The van der Waals surface area contributed by atoms with Crippen molar-refractivity contribution in [2.75, 3.05) is 0 Å². The second-order valence-corrected chi connectivity index (χ2v) is 8.35. The van der Waals surface area contributed by atoms with Gasteiger partial charge in [-0.1, -0.05) is 34.8 Å². The van der Waals surface area contributed by atoms with Gasteiger partial charge < -0.3 is 9.90 Å². The number of hydrogen-bond donors (Lipinski definition) is 0. The largest absolute Gasteiger partial charge is 1.00 e. The van der Waals surface area contributed by atoms with E-state index in [1.807, 2.05) is 0 Å². The molecule has 0 N–H and O–H groups in total. The summed E-state index contributed by atoms with van der Waals surface area (Å²) < 4.78 is -0.151. The Morgan fingerprint density at radius 3 is 1.71 bits per heavy atom. The van der Waals surface area contributed by atoms with E-state index in [4.69, 9.17) is 56.2 Å². The van der Waals surface area contributed by atoms with Crippen LogP contribution < -0.4 is 34.7 Å². The van der Waals surface area contributed by atoms with Crippen LogP contribution >= 0.6 is 64.6 Å². The van der Waals surface area contributed by atoms with Gasteiger partial charge in [0.2, 0.25) is 0 Å². The SMILES string of the molecule is O=C([O-])C1=C(Cl)C(Cl)=C(Cl)S1(Cl)Cl.[Na+]. The number of carbonyl (C=O) groups is 1. The third-order valence-corrected chi connectivity index (χ3v) is 7.15. The van der Waals surface area contributed by atoms with Crippen molar-refractivity contribution < 1.29 is 39.5 Å². The van der Waals surface area contributed by atoms with Gasteiger partial charge in [-0.3, -0.25) is 0 Å². The zero-order valence-electron chi connectivity index (χ0n) is 6.61. The van der Waals surface area contributed by atoms with Gasteiger partial charge in [0, 0.05) is 0 Å². The van der Waals surface area contributed by atoms with Gasteiger partial charge in [0.05, 0.1) is 20.9 Å². The second kappa shape index (κ2) is 5.39. The summed E-state index contributed by atoms with van der Waals surface area (Å²) in [4.78, 5) is 10.1. The maximum Gasteiger partial charge on any atom is 1.00 e. The Bertz CT molecular complexity index is 350. The Balaban J connectivity index is 0.00000169. The summed E-state index contributed by atoms with van der Waals surface area (Å²) in [6.45, 7) is 0. The molecular weight excluding hydrogens is 324 g/mol. The first-order valence-electron chi connectivity index (χ1n) is 2.69. The van der Waals surface area contributed by atoms with Gasteiger partial charge in [-0.05, 0) is 29.8 Å². The van der Waals surface area contributed by atoms with Crippen LogP contribution in [0.3, 0.4) is 0 Å². The number of aliphatic carboxylic acids is 1. The molecule has 0 radical (unpaired) electrons. The van der Waals surface area contributed by atoms with Gasteiger partial charge in [-0.15, -0.1) is 0 Å². The molecule has 0 saturated heterocycles. The fourth-order valence-corrected chi connectivity index (χ4v) is 4.96. The topological polar surface area (TPSA) is 40.1 Å². The van der Waals surface area contributed by atoms with E-state index in [0.717, 1.165) is 0 Å². The molecule has 2 nitrogen and oxygen atoms in total. The molecule has 1 aliphatic rings. The number of carbonyl (C=O) groups excluding carboxylic acids is 1. The van der Waals surface area contributed by atoms with E-state index < -0.39 is 19.3 Å². The Labute approximate surface area is 128 Å². The third kappa shape index (κ3) is 2.53. The summed E-state index contributed by atoms with van der Waals surface area (Å²) in [6.07, 6.45) is 0. The summed E-state index contributed by atoms with van der Waals surface area (Å²) in [5.41, 5.74) is 0. The molecule has 0 aromatic carbocycles. The van der Waals surface area contributed by atoms with Crippen molar-refractivity contribution in [3.8, 4) is 0 Å². The minimum absolute atomic E-state index is 0. The van der Waals surface area contributed by atoms with Crippen LogP contribution in [0.4, 0.5) is 0 Å². The van der Waals surface area contributed by atoms with Crippen molar-refractivity contribution in [3.63, 3.8) is 0 Å². The molecule has 0 fully saturated rings. The fourth-order valence-electron chi connectivity index (χ4n) is 0.695. The van der Waals surface area contributed by atoms with Crippen molar-refractivity contribution >= 4 is 70.6 Å². The predicted molar refractivity (Wildman–Crippen MR) is 55.9 cm³/mol. The van der Waals surface area contributed by atoms with Crippen LogP contribution in [-0.4, -0.2) is 5.97 Å². The summed E-state index contributed by atoms with van der Waals surface area (Å²) in [5.74, 6) is -1.57. The molecule has 14 heavy (non-hydrogen) atoms. The molecule has 0 aromatic heterocycles. The van der Waals surface area contributed by atoms with E-state index in [2.05, 4.69) is 0 Å². The number of carboxylic acid groups (broad SMARTS) is 1. The number of rotatable bonds is 1. The fraction of sp³-hybridized carbons (Fsp3) is 0. The maximum absolute atomic E-state index is 10.6. The maximum atomic E-state index is 10.6. The summed E-state index contributed by atoms with van der Waals surface area (Å²) >= 11 is 16.7. The summed E-state index contributed by atoms with van der Waals surface area (Å²) in [7, 11) is 8.54. The van der Waals surface area contributed by atoms with E-state index in [9.17, 15) is 9.90 Å². The molecular formula is C5Cl5NaO2S. The molecule has 0 spiro atoms. The Hall–Kier alpha value is 1.75. The van der Waals surface area contributed by atoms with Crippen LogP contribution in [0, 0.1) is 0 Å². The molecule has 0 aliphatic carbocycles. The van der Waals surface area contributed by atoms with Crippen molar-refractivity contribution in [3.05, 3.63) is 19.3 Å². The molecule has 0 saturated carbocycles. The zero-order valence-corrected chi connectivity index (χ0v) is 13.2. The average molecular weight is 324 g/mol. The van der Waals surface area contributed by atoms with Gasteiger partial charge in [-0.2, -0.15) is 0 Å². The Kier molecular flexibility index (Phi) is 6.06. The summed E-state index contributed by atoms with van der Waals surface area (Å²) in [5, 5.41) is 10.2. The van der Waals surface area contributed by atoms with Gasteiger partial charge >= 0.3 is 29.6 Å². The standard InChI is InChI=1S/C5HCl5O2S.Na/c6-1-2(7)4(8)13(9,10)3(1)5(11)12;/h(H,11,12);/q;+1/p-1. The van der Waals surface area contributed by atoms with Gasteiger partial charge in [-0.25, -0.2) is 0 Å². The van der Waals surface area contributed by atoms with E-state index in [1.54, 1.807) is 0 Å². The van der Waals surface area contributed by atoms with E-state index in [0.29, 0.717) is 0 Å². The van der Waals surface area contributed by atoms with Gasteiger partial charge in [0.25, 0.3) is 0 Å². The van der Waals surface area contributed by atoms with Gasteiger partial charge in [0.1, 0.15) is 4.36 Å². The number of allylic oxidation sites excluding steroid dienone is 2. The average Bonchev–Trinajstić information content (AvgIpc) is 2.12. The quantitative estimate of drug-likeness (QED) is 0.635. The third-order valence-electron chi connectivity index (χ3n) is 1.23. The van der Waals surface area contributed by atoms with Crippen LogP contribution in [0.25, 0.3) is 0 Å². The minimum atomic E-state index is -2.82. The molecule has 0 bridgehead atoms. The molecule has 0 unspecified atom stereocenters. The first kappa shape index (κ1) is 15.8. The van der Waals surface area contributed by atoms with Crippen LogP contribution in [0.15, 0.2) is 19.3 Å². The normalized spacial score (nSPS) is 22.1. The van der Waals surface area contributed by atoms with Crippen molar-refractivity contribution in [1.82, 2.24) is 0 Å². The van der Waals surface area contributed by atoms with Crippen LogP contribution in [0.2, 0.25) is 0 Å². The van der Waals surface area contributed by atoms with Gasteiger partial charge in [0.15, 0.2) is 0 Å². The number of halogens is 5. The number of hydrogen-bond acceptors (Lipinski definition) is 2. The molecule has 0 amide bonds. The molecule has 1 heterocycles. The van der Waals surface area contributed by atoms with Crippen LogP contribution in [0.5, 0.6) is 0 Å². The van der Waals surface area contributed by atoms with E-state index in [1.165, 1.54) is 0 Å². The smallest absolute Gasteiger partial charge is 0.544 e. The minimum Gasteiger partial charge on any atom is -0.544 e. The molecule has 74 valence electrons. The van der Waals surface area contributed by atoms with Crippen LogP contribution in [0.1, 0.15) is 0 Å². The van der Waals surface area contributed by atoms with E-state index in [-0.39, 0.29) is 44.0 Å². The molecule has 0 atom stereocenters. The molecule has 0 aromatic rings. The molecule has 9 heteroatoms. The monoisotopic (exact) mass is 322 g/mol. The first-order chi connectivity index (χ1) is 5.80. The van der Waals surface area contributed by atoms with E-state index >= 15 is 0 Å². The molecule has 1 aliphatic heterocycles. The Morgan fingerprint density at radius 1 is 1.14 bits per heavy atom. The van der Waals surface area contributed by atoms with Crippen molar-refractivity contribution in [1.29, 1.82) is 0 Å². The first-order valence-corrected chi connectivity index (χ1v) is 7.11. The van der Waals surface area contributed by atoms with Crippen molar-refractivity contribution in [2.45, 2.75) is 0 Å². The van der Waals surface area contributed by atoms with Crippen molar-refractivity contribution in [2.24, 2.45) is 0 Å². The summed E-state index contributed by atoms with van der Waals surface area (Å²) in [6, 6.07) is 0. The Morgan fingerprint density at radius 2 is 1.57 bits per heavy atom. The predicted octanol–water partition coefficient (Wildman–Crippen LogP) is -0.0368. The zero-order chi connectivity index (χ0) is 10.4. The van der Waals surface area contributed by atoms with Crippen LogP contribution in [-0.2, 0) is 4.79 Å².